The fourth-order valence-electron chi connectivity index (χ4n) is 2.31. The lowest BCUT2D eigenvalue weighted by atomic mass is 10.0. The Bertz CT molecular complexity index is 926. The van der Waals surface area contributed by atoms with E-state index in [4.69, 9.17) is 21.0 Å². The number of anilines is 2. The molecule has 7 heteroatoms. The highest BCUT2D eigenvalue weighted by molar-refractivity contribution is 5.97. The summed E-state index contributed by atoms with van der Waals surface area (Å²) in [5, 5.41) is 9.53. The molecule has 0 saturated carbocycles. The fourth-order valence-corrected chi connectivity index (χ4v) is 2.31. The van der Waals surface area contributed by atoms with Crippen molar-refractivity contribution in [3.05, 3.63) is 47.2 Å². The Balaban J connectivity index is 2.02. The van der Waals surface area contributed by atoms with Crippen molar-refractivity contribution in [3.8, 4) is 0 Å². The first kappa shape index (κ1) is 14.6. The van der Waals surface area contributed by atoms with Gasteiger partial charge in [-0.05, 0) is 36.3 Å². The standard InChI is InChI=1S/C16H14N4O3/c1-8(9-2-4-10(5-3-9)15(21)22)6-11-7-23-14-12(11)13(17)19-16(18)20-14/h2-7H,1H3,(H,21,22)(H4,17,18,19,20)/b8-6-. The average molecular weight is 310 g/mol. The zero-order valence-electron chi connectivity index (χ0n) is 12.3. The van der Waals surface area contributed by atoms with E-state index in [1.165, 1.54) is 6.26 Å². The molecule has 116 valence electrons. The number of nitrogens with zero attached hydrogens (tertiary/aromatic N) is 2. The number of rotatable bonds is 3. The largest absolute Gasteiger partial charge is 0.478 e. The number of nitrogen functional groups attached to an aromatic ring is 2. The second-order valence-corrected chi connectivity index (χ2v) is 5.05. The molecule has 2 heterocycles. The number of carboxylic acid groups (broad SMARTS) is 1. The van der Waals surface area contributed by atoms with Crippen LogP contribution in [0.1, 0.15) is 28.4 Å². The molecule has 7 nitrogen and oxygen atoms in total. The van der Waals surface area contributed by atoms with Crippen LogP contribution in [0.25, 0.3) is 22.7 Å². The van der Waals surface area contributed by atoms with Gasteiger partial charge in [0.25, 0.3) is 0 Å². The van der Waals surface area contributed by atoms with E-state index in [0.717, 1.165) is 16.7 Å². The maximum Gasteiger partial charge on any atom is 0.335 e. The van der Waals surface area contributed by atoms with E-state index in [1.54, 1.807) is 24.3 Å². The number of nitrogens with two attached hydrogens (primary N) is 2. The molecule has 0 aliphatic heterocycles. The Morgan fingerprint density at radius 3 is 2.48 bits per heavy atom. The van der Waals surface area contributed by atoms with Crippen molar-refractivity contribution in [1.29, 1.82) is 0 Å². The van der Waals surface area contributed by atoms with Crippen LogP contribution in [0.5, 0.6) is 0 Å². The van der Waals surface area contributed by atoms with E-state index in [2.05, 4.69) is 9.97 Å². The number of furan rings is 1. The van der Waals surface area contributed by atoms with Crippen LogP contribution < -0.4 is 11.5 Å². The van der Waals surface area contributed by atoms with Gasteiger partial charge in [-0.25, -0.2) is 4.79 Å². The highest BCUT2D eigenvalue weighted by atomic mass is 16.4. The van der Waals surface area contributed by atoms with Gasteiger partial charge in [0, 0.05) is 5.56 Å². The number of carboxylic acids is 1. The Kier molecular flexibility index (Phi) is 3.46. The van der Waals surface area contributed by atoms with Crippen molar-refractivity contribution in [2.45, 2.75) is 6.92 Å². The van der Waals surface area contributed by atoms with Gasteiger partial charge in [0.15, 0.2) is 0 Å². The fraction of sp³-hybridized carbons (Fsp3) is 0.0625. The molecule has 0 radical (unpaired) electrons. The molecule has 0 amide bonds. The Labute approximate surface area is 131 Å². The predicted octanol–water partition coefficient (Wildman–Crippen LogP) is 2.65. The summed E-state index contributed by atoms with van der Waals surface area (Å²) < 4.78 is 5.36. The molecule has 1 aromatic carbocycles. The number of aromatic carboxylic acids is 1. The lowest BCUT2D eigenvalue weighted by Crippen LogP contribution is -1.99. The topological polar surface area (TPSA) is 128 Å². The van der Waals surface area contributed by atoms with Crippen LogP contribution in [0.4, 0.5) is 11.8 Å². The number of hydrogen-bond acceptors (Lipinski definition) is 6. The van der Waals surface area contributed by atoms with Crippen LogP contribution in [-0.2, 0) is 0 Å². The van der Waals surface area contributed by atoms with Crippen molar-refractivity contribution in [2.24, 2.45) is 0 Å². The molecule has 23 heavy (non-hydrogen) atoms. The van der Waals surface area contributed by atoms with Gasteiger partial charge < -0.3 is 21.0 Å². The first-order valence-electron chi connectivity index (χ1n) is 6.78. The third-order valence-corrected chi connectivity index (χ3v) is 3.47. The Morgan fingerprint density at radius 1 is 1.17 bits per heavy atom. The summed E-state index contributed by atoms with van der Waals surface area (Å²) in [7, 11) is 0. The van der Waals surface area contributed by atoms with Crippen LogP contribution in [0.3, 0.4) is 0 Å². The van der Waals surface area contributed by atoms with Gasteiger partial charge in [0.2, 0.25) is 11.7 Å². The second kappa shape index (κ2) is 5.45. The second-order valence-electron chi connectivity index (χ2n) is 5.05. The summed E-state index contributed by atoms with van der Waals surface area (Å²) in [6, 6.07) is 6.60. The normalized spacial score (nSPS) is 11.8. The van der Waals surface area contributed by atoms with Crippen LogP contribution in [0.2, 0.25) is 0 Å². The molecule has 0 unspecified atom stereocenters. The molecular weight excluding hydrogens is 296 g/mol. The van der Waals surface area contributed by atoms with Gasteiger partial charge in [-0.2, -0.15) is 9.97 Å². The van der Waals surface area contributed by atoms with Crippen molar-refractivity contribution < 1.29 is 14.3 Å². The molecule has 0 atom stereocenters. The molecule has 0 aliphatic rings. The van der Waals surface area contributed by atoms with Crippen molar-refractivity contribution in [2.75, 3.05) is 11.5 Å². The van der Waals surface area contributed by atoms with Gasteiger partial charge in [0.1, 0.15) is 12.1 Å². The van der Waals surface area contributed by atoms with E-state index in [1.807, 2.05) is 13.0 Å². The number of aromatic nitrogens is 2. The summed E-state index contributed by atoms with van der Waals surface area (Å²) >= 11 is 0. The number of benzene rings is 1. The summed E-state index contributed by atoms with van der Waals surface area (Å²) in [6.07, 6.45) is 3.40. The molecule has 0 saturated heterocycles. The number of fused-ring (bicyclic) bond motifs is 1. The number of carbonyl (C=O) groups is 1. The zero-order chi connectivity index (χ0) is 16.6. The van der Waals surface area contributed by atoms with Crippen LogP contribution >= 0.6 is 0 Å². The summed E-state index contributed by atoms with van der Waals surface area (Å²) in [6.45, 7) is 1.91. The molecular formula is C16H14N4O3. The smallest absolute Gasteiger partial charge is 0.335 e. The summed E-state index contributed by atoms with van der Waals surface area (Å²) in [5.41, 5.74) is 14.5. The Hall–Kier alpha value is -3.35. The van der Waals surface area contributed by atoms with E-state index in [-0.39, 0.29) is 17.3 Å². The van der Waals surface area contributed by atoms with E-state index < -0.39 is 5.97 Å². The monoisotopic (exact) mass is 310 g/mol. The first-order chi connectivity index (χ1) is 11.0. The predicted molar refractivity (Wildman–Crippen MR) is 87.6 cm³/mol. The summed E-state index contributed by atoms with van der Waals surface area (Å²) in [5.74, 6) is -0.649. The lowest BCUT2D eigenvalue weighted by molar-refractivity contribution is 0.0697. The number of allylic oxidation sites excluding steroid dienone is 1. The minimum atomic E-state index is -0.957. The molecule has 5 N–H and O–H groups in total. The minimum absolute atomic E-state index is 0.0564. The highest BCUT2D eigenvalue weighted by Gasteiger charge is 2.12. The van der Waals surface area contributed by atoms with Gasteiger partial charge in [-0.3, -0.25) is 0 Å². The van der Waals surface area contributed by atoms with Gasteiger partial charge >= 0.3 is 5.97 Å². The first-order valence-corrected chi connectivity index (χ1v) is 6.78. The average Bonchev–Trinajstić information content (AvgIpc) is 2.90. The maximum absolute atomic E-state index is 10.9. The molecule has 0 fully saturated rings. The van der Waals surface area contributed by atoms with Gasteiger partial charge in [-0.1, -0.05) is 12.1 Å². The summed E-state index contributed by atoms with van der Waals surface area (Å²) in [4.78, 5) is 18.8. The molecule has 0 bridgehead atoms. The van der Waals surface area contributed by atoms with Crippen LogP contribution in [0.15, 0.2) is 34.9 Å². The van der Waals surface area contributed by atoms with Crippen LogP contribution in [-0.4, -0.2) is 21.0 Å². The third-order valence-electron chi connectivity index (χ3n) is 3.47. The minimum Gasteiger partial charge on any atom is -0.478 e. The quantitative estimate of drug-likeness (QED) is 0.678. The number of hydrogen-bond donors (Lipinski definition) is 3. The molecule has 0 aliphatic carbocycles. The SMILES string of the molecule is C/C(=C/c1coc2nc(N)nc(N)c12)c1ccc(C(=O)O)cc1. The van der Waals surface area contributed by atoms with Crippen molar-refractivity contribution >= 4 is 40.5 Å². The molecule has 3 rings (SSSR count). The van der Waals surface area contributed by atoms with Gasteiger partial charge in [-0.15, -0.1) is 0 Å². The molecule has 3 aromatic rings. The maximum atomic E-state index is 10.9. The van der Waals surface area contributed by atoms with Crippen molar-refractivity contribution in [3.63, 3.8) is 0 Å². The van der Waals surface area contributed by atoms with Gasteiger partial charge in [0.05, 0.1) is 10.9 Å². The van der Waals surface area contributed by atoms with Crippen LogP contribution in [0, 0.1) is 0 Å². The lowest BCUT2D eigenvalue weighted by Gasteiger charge is -2.03. The van der Waals surface area contributed by atoms with E-state index in [9.17, 15) is 4.79 Å². The zero-order valence-corrected chi connectivity index (χ0v) is 12.3. The third kappa shape index (κ3) is 2.71. The molecule has 2 aromatic heterocycles. The Morgan fingerprint density at radius 2 is 1.83 bits per heavy atom. The molecule has 0 spiro atoms. The van der Waals surface area contributed by atoms with Crippen molar-refractivity contribution in [1.82, 2.24) is 9.97 Å². The van der Waals surface area contributed by atoms with E-state index >= 15 is 0 Å². The highest BCUT2D eigenvalue weighted by Crippen LogP contribution is 2.28. The van der Waals surface area contributed by atoms with E-state index in [0.29, 0.717) is 11.1 Å².